The van der Waals surface area contributed by atoms with Crippen molar-refractivity contribution < 1.29 is 28.3 Å². The smallest absolute Gasteiger partial charge is 0.251 e. The highest BCUT2D eigenvalue weighted by Crippen LogP contribution is 2.36. The Kier molecular flexibility index (Phi) is 3.65. The lowest BCUT2D eigenvalue weighted by Gasteiger charge is -2.41. The molecule has 0 radical (unpaired) electrons. The number of carbonyl (C=O) groups is 3. The summed E-state index contributed by atoms with van der Waals surface area (Å²) in [6.07, 6.45) is 3.87. The molecule has 0 aromatic rings. The lowest BCUT2D eigenvalue weighted by molar-refractivity contribution is -1.10. The first-order chi connectivity index (χ1) is 10.8. The fourth-order valence-corrected chi connectivity index (χ4v) is 2.77. The third-order valence-corrected chi connectivity index (χ3v) is 4.01. The number of carbonyl (C=O) groups excluding carboxylic acids is 3. The van der Waals surface area contributed by atoms with Crippen molar-refractivity contribution in [2.24, 2.45) is 0 Å². The molecule has 7 nitrogen and oxygen atoms in total. The fraction of sp³-hybridized carbons (Fsp3) is 0.400. The largest absolute Gasteiger partial charge is 0.340 e. The molecule has 122 valence electrons. The molecule has 3 amide bonds. The average molecular weight is 322 g/mol. The van der Waals surface area contributed by atoms with Crippen molar-refractivity contribution in [3.05, 3.63) is 35.3 Å². The predicted octanol–water partition coefficient (Wildman–Crippen LogP) is -0.0247. The van der Waals surface area contributed by atoms with Crippen molar-refractivity contribution in [1.29, 1.82) is 0 Å². The summed E-state index contributed by atoms with van der Waals surface area (Å²) in [7, 11) is 3.52. The molecule has 1 aliphatic carbocycles. The number of hydrogen-bond acceptors (Lipinski definition) is 4. The normalized spacial score (nSPS) is 29.1. The van der Waals surface area contributed by atoms with E-state index in [4.69, 9.17) is 4.84 Å². The first-order valence-corrected chi connectivity index (χ1v) is 7.24. The highest BCUT2D eigenvalue weighted by atomic mass is 19.1. The molecule has 2 fully saturated rings. The highest BCUT2D eigenvalue weighted by Gasteiger charge is 2.47. The van der Waals surface area contributed by atoms with Gasteiger partial charge in [-0.2, -0.15) is 9.48 Å². The highest BCUT2D eigenvalue weighted by molar-refractivity contribution is 6.04. The van der Waals surface area contributed by atoms with Crippen molar-refractivity contribution in [3.63, 3.8) is 0 Å². The van der Waals surface area contributed by atoms with E-state index in [-0.39, 0.29) is 29.0 Å². The SMILES string of the molecule is C[N+]1(C)OC2C=C(C(=O)NC3CCC(=O)NC3=O)C=C(F)C=C21. The van der Waals surface area contributed by atoms with Crippen LogP contribution in [0.1, 0.15) is 12.8 Å². The first kappa shape index (κ1) is 15.6. The number of hydroxylamine groups is 3. The van der Waals surface area contributed by atoms with Crippen molar-refractivity contribution in [2.75, 3.05) is 14.1 Å². The van der Waals surface area contributed by atoms with E-state index in [1.54, 1.807) is 14.1 Å². The molecule has 0 aromatic carbocycles. The topological polar surface area (TPSA) is 84.5 Å². The van der Waals surface area contributed by atoms with Gasteiger partial charge in [0.2, 0.25) is 17.9 Å². The average Bonchev–Trinajstić information content (AvgIpc) is 2.59. The minimum atomic E-state index is -0.803. The third kappa shape index (κ3) is 2.95. The first-order valence-electron chi connectivity index (χ1n) is 7.24. The summed E-state index contributed by atoms with van der Waals surface area (Å²) in [4.78, 5) is 40.6. The van der Waals surface area contributed by atoms with Gasteiger partial charge >= 0.3 is 0 Å². The zero-order valence-corrected chi connectivity index (χ0v) is 12.8. The van der Waals surface area contributed by atoms with Gasteiger partial charge in [0.15, 0.2) is 5.70 Å². The summed E-state index contributed by atoms with van der Waals surface area (Å²) in [6, 6.07) is -0.803. The second kappa shape index (κ2) is 5.39. The molecule has 0 aromatic heterocycles. The van der Waals surface area contributed by atoms with Crippen LogP contribution >= 0.6 is 0 Å². The van der Waals surface area contributed by atoms with Crippen LogP contribution < -0.4 is 10.6 Å². The molecule has 3 aliphatic rings. The summed E-state index contributed by atoms with van der Waals surface area (Å²) >= 11 is 0. The molecule has 2 unspecified atom stereocenters. The quantitative estimate of drug-likeness (QED) is 0.553. The molecule has 2 saturated heterocycles. The Labute approximate surface area is 132 Å². The van der Waals surface area contributed by atoms with Gasteiger partial charge in [-0.3, -0.25) is 19.7 Å². The van der Waals surface area contributed by atoms with Gasteiger partial charge in [-0.15, -0.1) is 0 Å². The van der Waals surface area contributed by atoms with Crippen LogP contribution in [0.5, 0.6) is 0 Å². The molecular formula is C15H17FN3O4+. The van der Waals surface area contributed by atoms with Crippen LogP contribution in [0.15, 0.2) is 35.3 Å². The zero-order chi connectivity index (χ0) is 16.8. The van der Waals surface area contributed by atoms with Gasteiger partial charge in [-0.25, -0.2) is 4.39 Å². The van der Waals surface area contributed by atoms with Crippen LogP contribution in [0.3, 0.4) is 0 Å². The number of amides is 3. The van der Waals surface area contributed by atoms with E-state index in [1.807, 2.05) is 0 Å². The van der Waals surface area contributed by atoms with E-state index in [1.165, 1.54) is 12.2 Å². The second-order valence-corrected chi connectivity index (χ2v) is 6.07. The number of halogens is 1. The molecule has 0 saturated carbocycles. The minimum Gasteiger partial charge on any atom is -0.340 e. The molecule has 0 spiro atoms. The van der Waals surface area contributed by atoms with Crippen molar-refractivity contribution >= 4 is 17.7 Å². The lowest BCUT2D eigenvalue weighted by atomic mass is 10.0. The molecule has 2 heterocycles. The van der Waals surface area contributed by atoms with E-state index in [9.17, 15) is 18.8 Å². The fourth-order valence-electron chi connectivity index (χ4n) is 2.77. The van der Waals surface area contributed by atoms with E-state index in [0.29, 0.717) is 5.70 Å². The van der Waals surface area contributed by atoms with Crippen LogP contribution in [0.2, 0.25) is 0 Å². The molecule has 8 heteroatoms. The van der Waals surface area contributed by atoms with E-state index in [2.05, 4.69) is 10.6 Å². The maximum absolute atomic E-state index is 13.9. The summed E-state index contributed by atoms with van der Waals surface area (Å²) in [5.74, 6) is -2.05. The standard InChI is InChI=1S/C15H16FN3O4/c1-19(2)11-7-9(16)5-8(6-12(11)23-19)14(21)17-10-3-4-13(20)18-15(10)22/h5-7,10,12H,3-4H2,1-2H3,(H-,17,18,20,21,22)/p+1. The predicted molar refractivity (Wildman–Crippen MR) is 76.7 cm³/mol. The van der Waals surface area contributed by atoms with Gasteiger partial charge in [0.25, 0.3) is 5.91 Å². The molecular weight excluding hydrogens is 305 g/mol. The van der Waals surface area contributed by atoms with E-state index in [0.717, 1.165) is 6.08 Å². The maximum Gasteiger partial charge on any atom is 0.251 e. The Bertz CT molecular complexity index is 693. The Balaban J connectivity index is 1.73. The summed E-state index contributed by atoms with van der Waals surface area (Å²) < 4.78 is 14.0. The number of hydrogen-bond donors (Lipinski definition) is 2. The molecule has 2 aliphatic heterocycles. The Morgan fingerprint density at radius 3 is 2.78 bits per heavy atom. The maximum atomic E-state index is 13.9. The van der Waals surface area contributed by atoms with Gasteiger partial charge in [-0.05, 0) is 18.6 Å². The van der Waals surface area contributed by atoms with Gasteiger partial charge in [-0.1, -0.05) is 0 Å². The van der Waals surface area contributed by atoms with Gasteiger partial charge in [0.05, 0.1) is 0 Å². The number of nitrogens with zero attached hydrogens (tertiary/aromatic N) is 1. The Morgan fingerprint density at radius 2 is 2.13 bits per heavy atom. The monoisotopic (exact) mass is 322 g/mol. The van der Waals surface area contributed by atoms with E-state index >= 15 is 0 Å². The molecule has 2 atom stereocenters. The number of nitrogens with one attached hydrogen (secondary N) is 2. The molecule has 3 rings (SSSR count). The van der Waals surface area contributed by atoms with Crippen LogP contribution in [-0.2, 0) is 19.2 Å². The van der Waals surface area contributed by atoms with Crippen molar-refractivity contribution in [1.82, 2.24) is 10.6 Å². The lowest BCUT2D eigenvalue weighted by Crippen LogP contribution is -2.56. The van der Waals surface area contributed by atoms with Crippen LogP contribution in [0.25, 0.3) is 0 Å². The van der Waals surface area contributed by atoms with E-state index < -0.39 is 29.8 Å². The van der Waals surface area contributed by atoms with Crippen LogP contribution in [0.4, 0.5) is 4.39 Å². The van der Waals surface area contributed by atoms with Gasteiger partial charge in [0, 0.05) is 18.1 Å². The number of allylic oxidation sites excluding steroid dienone is 2. The zero-order valence-electron chi connectivity index (χ0n) is 12.8. The number of rotatable bonds is 2. The second-order valence-electron chi connectivity index (χ2n) is 6.07. The summed E-state index contributed by atoms with van der Waals surface area (Å²) in [6.45, 7) is 0. The number of likely N-dealkylation sites (N-methyl/N-ethyl adjacent to an activating group) is 1. The van der Waals surface area contributed by atoms with Crippen LogP contribution in [0, 0.1) is 0 Å². The molecule has 2 N–H and O–H groups in total. The van der Waals surface area contributed by atoms with Gasteiger partial charge < -0.3 is 5.32 Å². The molecule has 23 heavy (non-hydrogen) atoms. The number of piperidine rings is 1. The Hall–Kier alpha value is -2.32. The Morgan fingerprint density at radius 1 is 1.39 bits per heavy atom. The minimum absolute atomic E-state index is 0.0863. The van der Waals surface area contributed by atoms with Crippen molar-refractivity contribution in [2.45, 2.75) is 25.0 Å². The number of quaternary nitrogens is 1. The summed E-state index contributed by atoms with van der Waals surface area (Å²) in [5, 5.41) is 4.68. The number of imide groups is 1. The third-order valence-electron chi connectivity index (χ3n) is 4.01. The van der Waals surface area contributed by atoms with Crippen LogP contribution in [-0.4, -0.2) is 48.6 Å². The number of fused-ring (bicyclic) bond motifs is 1. The molecule has 0 bridgehead atoms. The van der Waals surface area contributed by atoms with Gasteiger partial charge in [0.1, 0.15) is 26.0 Å². The van der Waals surface area contributed by atoms with Crippen molar-refractivity contribution in [3.8, 4) is 0 Å². The summed E-state index contributed by atoms with van der Waals surface area (Å²) in [5.41, 5.74) is 0.783.